The highest BCUT2D eigenvalue weighted by atomic mass is 19.1. The molecule has 0 radical (unpaired) electrons. The number of benzene rings is 1. The molecule has 1 atom stereocenters. The van der Waals surface area contributed by atoms with Crippen LogP contribution >= 0.6 is 0 Å². The van der Waals surface area contributed by atoms with E-state index < -0.39 is 5.82 Å². The molecular formula is C29H40FN5O. The number of piperidine rings is 1. The Balaban J connectivity index is 0.000000305. The summed E-state index contributed by atoms with van der Waals surface area (Å²) in [6, 6.07) is 6.81. The van der Waals surface area contributed by atoms with Gasteiger partial charge in [-0.1, -0.05) is 37.6 Å². The number of allylic oxidation sites excluding steroid dienone is 4. The molecule has 7 heteroatoms. The van der Waals surface area contributed by atoms with E-state index in [1.165, 1.54) is 49.9 Å². The zero-order valence-electron chi connectivity index (χ0n) is 22.1. The second-order valence-electron chi connectivity index (χ2n) is 9.62. The second-order valence-corrected chi connectivity index (χ2v) is 9.62. The molecule has 5 rings (SSSR count). The molecule has 2 heterocycles. The summed E-state index contributed by atoms with van der Waals surface area (Å²) in [5.41, 5.74) is 10.5. The standard InChI is InChI=1S/C21H20FN3O.C6H14N2.C2H6/c1-25-19(12-26)24-20(16-8-9-17(11-23)18(22)10-16)21(25)15-6-4-14(5-7-15)13-2-3-13;1-8-4-2-3-6(7)5-8;1-2/h4,6,8-10,13,26H,2-3,5,7,12H2,1H3;6H,2-5,7H2,1H3;1-2H3. The van der Waals surface area contributed by atoms with Crippen molar-refractivity contribution in [2.45, 2.75) is 65.0 Å². The fourth-order valence-corrected chi connectivity index (χ4v) is 4.86. The van der Waals surface area contributed by atoms with Crippen molar-refractivity contribution in [3.8, 4) is 17.3 Å². The maximum atomic E-state index is 14.1. The van der Waals surface area contributed by atoms with E-state index in [0.29, 0.717) is 23.1 Å². The van der Waals surface area contributed by atoms with Crippen LogP contribution < -0.4 is 5.73 Å². The highest BCUT2D eigenvalue weighted by Crippen LogP contribution is 2.43. The number of nitrogens with zero attached hydrogens (tertiary/aromatic N) is 4. The SMILES string of the molecule is CC.CN1CCCC(N)C1.Cn1c(CO)nc(-c2ccc(C#N)c(F)c2)c1C1=CC=C(C2CC2)CC1. The van der Waals surface area contributed by atoms with Gasteiger partial charge in [-0.05, 0) is 75.7 Å². The number of hydrogen-bond acceptors (Lipinski definition) is 5. The second kappa shape index (κ2) is 13.0. The molecule has 2 fully saturated rings. The van der Waals surface area contributed by atoms with Crippen molar-refractivity contribution in [1.29, 1.82) is 5.26 Å². The summed E-state index contributed by atoms with van der Waals surface area (Å²) in [5.74, 6) is 0.748. The summed E-state index contributed by atoms with van der Waals surface area (Å²) >= 11 is 0. The number of hydrogen-bond donors (Lipinski definition) is 2. The quantitative estimate of drug-likeness (QED) is 0.613. The van der Waals surface area contributed by atoms with Crippen molar-refractivity contribution >= 4 is 5.57 Å². The van der Waals surface area contributed by atoms with E-state index in [-0.39, 0.29) is 12.2 Å². The van der Waals surface area contributed by atoms with Crippen LogP contribution in [0.2, 0.25) is 0 Å². The molecule has 1 saturated heterocycles. The van der Waals surface area contributed by atoms with E-state index in [1.807, 2.05) is 31.5 Å². The number of likely N-dealkylation sites (tertiary alicyclic amines) is 1. The highest BCUT2D eigenvalue weighted by Gasteiger charge is 2.28. The molecule has 0 spiro atoms. The summed E-state index contributed by atoms with van der Waals surface area (Å²) in [6.45, 7) is 6.13. The molecule has 1 unspecified atom stereocenters. The maximum absolute atomic E-state index is 14.1. The Labute approximate surface area is 214 Å². The number of aliphatic hydroxyl groups is 1. The first-order valence-electron chi connectivity index (χ1n) is 13.1. The Morgan fingerprint density at radius 2 is 1.92 bits per heavy atom. The summed E-state index contributed by atoms with van der Waals surface area (Å²) in [7, 11) is 4.00. The monoisotopic (exact) mass is 493 g/mol. The predicted molar refractivity (Wildman–Crippen MR) is 143 cm³/mol. The molecule has 1 aliphatic heterocycles. The molecule has 1 aromatic heterocycles. The van der Waals surface area contributed by atoms with Crippen LogP contribution in [0.3, 0.4) is 0 Å². The number of aromatic nitrogens is 2. The van der Waals surface area contributed by atoms with Gasteiger partial charge in [0.2, 0.25) is 0 Å². The van der Waals surface area contributed by atoms with Crippen molar-refractivity contribution in [2.75, 3.05) is 20.1 Å². The summed E-state index contributed by atoms with van der Waals surface area (Å²) in [6.07, 6.45) is 11.4. The Kier molecular flexibility index (Phi) is 10.0. The fourth-order valence-electron chi connectivity index (χ4n) is 4.86. The van der Waals surface area contributed by atoms with Gasteiger partial charge in [0, 0.05) is 25.2 Å². The largest absolute Gasteiger partial charge is 0.388 e. The number of likely N-dealkylation sites (N-methyl/N-ethyl adjacent to an activating group) is 1. The van der Waals surface area contributed by atoms with E-state index in [4.69, 9.17) is 11.0 Å². The Morgan fingerprint density at radius 1 is 1.17 bits per heavy atom. The normalized spacial score (nSPS) is 19.7. The van der Waals surface area contributed by atoms with Crippen LogP contribution in [0.5, 0.6) is 0 Å². The highest BCUT2D eigenvalue weighted by molar-refractivity contribution is 5.79. The van der Waals surface area contributed by atoms with Crippen LogP contribution in [-0.4, -0.2) is 45.7 Å². The fraction of sp³-hybridized carbons (Fsp3) is 0.517. The van der Waals surface area contributed by atoms with Crippen molar-refractivity contribution < 1.29 is 9.50 Å². The predicted octanol–water partition coefficient (Wildman–Crippen LogP) is 5.17. The third-order valence-corrected chi connectivity index (χ3v) is 6.94. The average Bonchev–Trinajstić information content (AvgIpc) is 3.68. The number of aliphatic hydroxyl groups excluding tert-OH is 1. The zero-order valence-corrected chi connectivity index (χ0v) is 22.1. The lowest BCUT2D eigenvalue weighted by Crippen LogP contribution is -2.40. The molecule has 1 saturated carbocycles. The van der Waals surface area contributed by atoms with Crippen LogP contribution in [0, 0.1) is 23.1 Å². The minimum absolute atomic E-state index is 0.0162. The van der Waals surface area contributed by atoms with E-state index in [9.17, 15) is 9.50 Å². The molecular weight excluding hydrogens is 453 g/mol. The van der Waals surface area contributed by atoms with Crippen molar-refractivity contribution in [3.63, 3.8) is 0 Å². The van der Waals surface area contributed by atoms with Crippen LogP contribution in [0.1, 0.15) is 69.5 Å². The van der Waals surface area contributed by atoms with Gasteiger partial charge in [-0.3, -0.25) is 0 Å². The Morgan fingerprint density at radius 3 is 2.42 bits per heavy atom. The first-order valence-corrected chi connectivity index (χ1v) is 13.1. The van der Waals surface area contributed by atoms with Gasteiger partial charge >= 0.3 is 0 Å². The third-order valence-electron chi connectivity index (χ3n) is 6.94. The van der Waals surface area contributed by atoms with Gasteiger partial charge in [0.05, 0.1) is 17.0 Å². The lowest BCUT2D eigenvalue weighted by molar-refractivity contribution is 0.252. The minimum atomic E-state index is -0.555. The maximum Gasteiger partial charge on any atom is 0.141 e. The number of nitrogens with two attached hydrogens (primary N) is 1. The molecule has 194 valence electrons. The molecule has 0 bridgehead atoms. The van der Waals surface area contributed by atoms with Gasteiger partial charge in [-0.25, -0.2) is 9.37 Å². The van der Waals surface area contributed by atoms with Gasteiger partial charge in [-0.15, -0.1) is 0 Å². The molecule has 3 N–H and O–H groups in total. The average molecular weight is 494 g/mol. The summed E-state index contributed by atoms with van der Waals surface area (Å²) < 4.78 is 16.0. The molecule has 2 aromatic rings. The number of halogens is 1. The van der Waals surface area contributed by atoms with E-state index in [0.717, 1.165) is 36.6 Å². The summed E-state index contributed by atoms with van der Waals surface area (Å²) in [4.78, 5) is 6.82. The van der Waals surface area contributed by atoms with Crippen LogP contribution in [0.25, 0.3) is 16.8 Å². The van der Waals surface area contributed by atoms with E-state index in [1.54, 1.807) is 6.07 Å². The lowest BCUT2D eigenvalue weighted by Gasteiger charge is -2.26. The van der Waals surface area contributed by atoms with Crippen molar-refractivity contribution in [3.05, 3.63) is 58.8 Å². The molecule has 6 nitrogen and oxygen atoms in total. The molecule has 2 aliphatic carbocycles. The first kappa shape index (κ1) is 27.8. The van der Waals surface area contributed by atoms with Crippen LogP contribution in [0.4, 0.5) is 4.39 Å². The number of nitriles is 1. The Hall–Kier alpha value is -2.79. The smallest absolute Gasteiger partial charge is 0.141 e. The molecule has 3 aliphatic rings. The third kappa shape index (κ3) is 6.70. The van der Waals surface area contributed by atoms with Crippen molar-refractivity contribution in [1.82, 2.24) is 14.5 Å². The van der Waals surface area contributed by atoms with Gasteiger partial charge in [0.1, 0.15) is 24.3 Å². The Bertz CT molecular complexity index is 1130. The van der Waals surface area contributed by atoms with Gasteiger partial charge < -0.3 is 20.3 Å². The lowest BCUT2D eigenvalue weighted by atomic mass is 9.92. The number of imidazole rings is 1. The van der Waals surface area contributed by atoms with Gasteiger partial charge in [0.15, 0.2) is 0 Å². The first-order chi connectivity index (χ1) is 17.4. The van der Waals surface area contributed by atoms with Gasteiger partial charge in [0.25, 0.3) is 0 Å². The molecule has 36 heavy (non-hydrogen) atoms. The van der Waals surface area contributed by atoms with E-state index in [2.05, 4.69) is 29.1 Å². The van der Waals surface area contributed by atoms with Crippen LogP contribution in [-0.2, 0) is 13.7 Å². The molecule has 0 amide bonds. The van der Waals surface area contributed by atoms with Crippen molar-refractivity contribution in [2.24, 2.45) is 18.7 Å². The topological polar surface area (TPSA) is 91.1 Å². The van der Waals surface area contributed by atoms with Crippen LogP contribution in [0.15, 0.2) is 35.9 Å². The summed E-state index contributed by atoms with van der Waals surface area (Å²) in [5, 5.41) is 18.6. The molecule has 1 aromatic carbocycles. The van der Waals surface area contributed by atoms with Gasteiger partial charge in [-0.2, -0.15) is 5.26 Å². The number of rotatable bonds is 4. The minimum Gasteiger partial charge on any atom is -0.388 e. The van der Waals surface area contributed by atoms with E-state index >= 15 is 0 Å². The zero-order chi connectivity index (χ0) is 26.2.